The monoisotopic (exact) mass is 362 g/mol. The highest BCUT2D eigenvalue weighted by Gasteiger charge is 2.26. The quantitative estimate of drug-likeness (QED) is 0.544. The van der Waals surface area contributed by atoms with Gasteiger partial charge in [-0.3, -0.25) is 9.20 Å². The van der Waals surface area contributed by atoms with Crippen LogP contribution in [-0.4, -0.2) is 56.6 Å². The second kappa shape index (κ2) is 6.08. The van der Waals surface area contributed by atoms with Gasteiger partial charge in [-0.1, -0.05) is 6.07 Å². The molecule has 0 atom stereocenters. The lowest BCUT2D eigenvalue weighted by atomic mass is 10.2. The highest BCUT2D eigenvalue weighted by Crippen LogP contribution is 2.25. The van der Waals surface area contributed by atoms with E-state index in [2.05, 4.69) is 34.2 Å². The van der Waals surface area contributed by atoms with Crippen molar-refractivity contribution in [3.05, 3.63) is 54.2 Å². The molecule has 4 heterocycles. The van der Waals surface area contributed by atoms with Crippen molar-refractivity contribution in [3.8, 4) is 0 Å². The van der Waals surface area contributed by atoms with Gasteiger partial charge in [0, 0.05) is 26.2 Å². The molecule has 1 fully saturated rings. The van der Waals surface area contributed by atoms with Crippen molar-refractivity contribution in [2.45, 2.75) is 6.92 Å². The van der Waals surface area contributed by atoms with Crippen LogP contribution in [0.15, 0.2) is 47.3 Å². The molecule has 0 unspecified atom stereocenters. The Morgan fingerprint density at radius 1 is 1.15 bits per heavy atom. The summed E-state index contributed by atoms with van der Waals surface area (Å²) in [6.45, 7) is 4.62. The minimum atomic E-state index is -0.0748. The third-order valence-corrected chi connectivity index (χ3v) is 4.96. The molecule has 3 aromatic heterocycles. The number of amides is 1. The molecule has 1 aromatic carbocycles. The first-order valence-corrected chi connectivity index (χ1v) is 8.88. The van der Waals surface area contributed by atoms with Gasteiger partial charge in [-0.15, -0.1) is 10.2 Å². The Labute approximate surface area is 155 Å². The molecular weight excluding hydrogens is 344 g/mol. The minimum absolute atomic E-state index is 0.0748. The van der Waals surface area contributed by atoms with E-state index in [1.54, 1.807) is 23.4 Å². The van der Waals surface area contributed by atoms with Crippen LogP contribution in [0.4, 0.5) is 5.82 Å². The molecule has 1 aliphatic rings. The average Bonchev–Trinajstić information content (AvgIpc) is 3.39. The summed E-state index contributed by atoms with van der Waals surface area (Å²) in [6.07, 6.45) is 3.24. The van der Waals surface area contributed by atoms with Crippen LogP contribution in [0.2, 0.25) is 0 Å². The van der Waals surface area contributed by atoms with Gasteiger partial charge < -0.3 is 14.2 Å². The lowest BCUT2D eigenvalue weighted by Gasteiger charge is -2.35. The van der Waals surface area contributed by atoms with Gasteiger partial charge in [0.25, 0.3) is 5.91 Å². The van der Waals surface area contributed by atoms with E-state index in [1.807, 2.05) is 10.5 Å². The van der Waals surface area contributed by atoms with E-state index in [0.29, 0.717) is 31.9 Å². The van der Waals surface area contributed by atoms with E-state index in [9.17, 15) is 4.79 Å². The SMILES string of the molecule is Cc1ccc2nc(N3CCN(C(=O)c4ccco4)CC3)c3nncn3c2c1. The van der Waals surface area contributed by atoms with Gasteiger partial charge in [0.2, 0.25) is 5.65 Å². The minimum Gasteiger partial charge on any atom is -0.459 e. The van der Waals surface area contributed by atoms with Crippen LogP contribution in [0.3, 0.4) is 0 Å². The number of piperazine rings is 1. The van der Waals surface area contributed by atoms with Gasteiger partial charge >= 0.3 is 0 Å². The summed E-state index contributed by atoms with van der Waals surface area (Å²) in [5, 5.41) is 8.36. The first-order chi connectivity index (χ1) is 13.2. The molecular formula is C19H18N6O2. The molecule has 0 bridgehead atoms. The molecule has 0 spiro atoms. The largest absolute Gasteiger partial charge is 0.459 e. The second-order valence-corrected chi connectivity index (χ2v) is 6.71. The summed E-state index contributed by atoms with van der Waals surface area (Å²) in [5.41, 5.74) is 3.79. The van der Waals surface area contributed by atoms with Crippen LogP contribution < -0.4 is 4.90 Å². The summed E-state index contributed by atoms with van der Waals surface area (Å²) in [4.78, 5) is 21.3. The summed E-state index contributed by atoms with van der Waals surface area (Å²) in [5.74, 6) is 1.10. The maximum atomic E-state index is 12.5. The average molecular weight is 362 g/mol. The predicted molar refractivity (Wildman–Crippen MR) is 99.8 cm³/mol. The van der Waals surface area contributed by atoms with Crippen LogP contribution in [0, 0.1) is 6.92 Å². The number of furan rings is 1. The Hall–Kier alpha value is -3.42. The lowest BCUT2D eigenvalue weighted by molar-refractivity contribution is 0.0714. The number of anilines is 1. The molecule has 8 nitrogen and oxygen atoms in total. The van der Waals surface area contributed by atoms with E-state index in [0.717, 1.165) is 28.1 Å². The highest BCUT2D eigenvalue weighted by molar-refractivity contribution is 5.91. The molecule has 8 heteroatoms. The molecule has 1 amide bonds. The number of hydrogen-bond donors (Lipinski definition) is 0. The van der Waals surface area contributed by atoms with Crippen LogP contribution in [0.1, 0.15) is 16.1 Å². The van der Waals surface area contributed by atoms with Gasteiger partial charge in [0.15, 0.2) is 11.6 Å². The molecule has 0 N–H and O–H groups in total. The van der Waals surface area contributed by atoms with Crippen LogP contribution in [-0.2, 0) is 0 Å². The number of aryl methyl sites for hydroxylation is 1. The van der Waals surface area contributed by atoms with Crippen LogP contribution in [0.5, 0.6) is 0 Å². The van der Waals surface area contributed by atoms with E-state index >= 15 is 0 Å². The van der Waals surface area contributed by atoms with E-state index in [4.69, 9.17) is 9.40 Å². The fourth-order valence-corrected chi connectivity index (χ4v) is 3.54. The number of hydrogen-bond acceptors (Lipinski definition) is 6. The van der Waals surface area contributed by atoms with Gasteiger partial charge in [-0.05, 0) is 36.8 Å². The lowest BCUT2D eigenvalue weighted by Crippen LogP contribution is -2.49. The summed E-state index contributed by atoms with van der Waals surface area (Å²) in [6, 6.07) is 9.58. The van der Waals surface area contributed by atoms with Crippen LogP contribution in [0.25, 0.3) is 16.7 Å². The first kappa shape index (κ1) is 15.8. The number of aromatic nitrogens is 4. The molecule has 5 rings (SSSR count). The predicted octanol–water partition coefficient (Wildman–Crippen LogP) is 2.14. The summed E-state index contributed by atoms with van der Waals surface area (Å²) >= 11 is 0. The number of carbonyl (C=O) groups is 1. The van der Waals surface area contributed by atoms with E-state index < -0.39 is 0 Å². The van der Waals surface area contributed by atoms with E-state index in [1.165, 1.54) is 6.26 Å². The van der Waals surface area contributed by atoms with Crippen molar-refractivity contribution in [1.82, 2.24) is 24.5 Å². The Balaban J connectivity index is 1.45. The smallest absolute Gasteiger partial charge is 0.289 e. The Morgan fingerprint density at radius 2 is 2.00 bits per heavy atom. The standard InChI is InChI=1S/C19H18N6O2/c1-13-4-5-14-15(11-13)25-12-20-22-18(25)17(21-14)23-6-8-24(9-7-23)19(26)16-3-2-10-27-16/h2-5,10-12H,6-9H2,1H3. The topological polar surface area (TPSA) is 79.8 Å². The third kappa shape index (κ3) is 2.61. The highest BCUT2D eigenvalue weighted by atomic mass is 16.3. The summed E-state index contributed by atoms with van der Waals surface area (Å²) in [7, 11) is 0. The molecule has 27 heavy (non-hydrogen) atoms. The van der Waals surface area contributed by atoms with Gasteiger partial charge in [-0.2, -0.15) is 0 Å². The van der Waals surface area contributed by atoms with Crippen LogP contribution >= 0.6 is 0 Å². The van der Waals surface area contributed by atoms with Gasteiger partial charge in [0.1, 0.15) is 6.33 Å². The fraction of sp³-hybridized carbons (Fsp3) is 0.263. The molecule has 0 saturated carbocycles. The van der Waals surface area contributed by atoms with Crippen molar-refractivity contribution in [3.63, 3.8) is 0 Å². The maximum absolute atomic E-state index is 12.5. The molecule has 4 aromatic rings. The molecule has 136 valence electrons. The Morgan fingerprint density at radius 3 is 2.78 bits per heavy atom. The number of fused-ring (bicyclic) bond motifs is 3. The van der Waals surface area contributed by atoms with Crippen molar-refractivity contribution in [2.75, 3.05) is 31.1 Å². The molecule has 1 aliphatic heterocycles. The third-order valence-electron chi connectivity index (χ3n) is 4.96. The fourth-order valence-electron chi connectivity index (χ4n) is 3.54. The number of carbonyl (C=O) groups excluding carboxylic acids is 1. The Bertz CT molecular complexity index is 1130. The maximum Gasteiger partial charge on any atom is 0.289 e. The first-order valence-electron chi connectivity index (χ1n) is 8.88. The van der Waals surface area contributed by atoms with Crippen molar-refractivity contribution < 1.29 is 9.21 Å². The second-order valence-electron chi connectivity index (χ2n) is 6.71. The summed E-state index contributed by atoms with van der Waals surface area (Å²) < 4.78 is 7.20. The normalized spacial score (nSPS) is 15.0. The molecule has 0 aliphatic carbocycles. The zero-order chi connectivity index (χ0) is 18.4. The van der Waals surface area contributed by atoms with Gasteiger partial charge in [0.05, 0.1) is 17.3 Å². The molecule has 1 saturated heterocycles. The number of rotatable bonds is 2. The Kier molecular flexibility index (Phi) is 3.56. The number of nitrogens with zero attached hydrogens (tertiary/aromatic N) is 6. The van der Waals surface area contributed by atoms with Crippen molar-refractivity contribution >= 4 is 28.4 Å². The van der Waals surface area contributed by atoms with Crippen molar-refractivity contribution in [2.24, 2.45) is 0 Å². The zero-order valence-electron chi connectivity index (χ0n) is 14.9. The van der Waals surface area contributed by atoms with Gasteiger partial charge in [-0.25, -0.2) is 4.98 Å². The van der Waals surface area contributed by atoms with Crippen molar-refractivity contribution in [1.29, 1.82) is 0 Å². The number of benzene rings is 1. The zero-order valence-corrected chi connectivity index (χ0v) is 14.9. The molecule has 0 radical (unpaired) electrons. The van der Waals surface area contributed by atoms with E-state index in [-0.39, 0.29) is 5.91 Å².